The van der Waals surface area contributed by atoms with Gasteiger partial charge in [0.25, 0.3) is 0 Å². The second kappa shape index (κ2) is 8.60. The topological polar surface area (TPSA) is 105 Å². The van der Waals surface area contributed by atoms with Crippen molar-refractivity contribution in [1.29, 1.82) is 0 Å². The van der Waals surface area contributed by atoms with E-state index in [0.717, 1.165) is 25.7 Å². The van der Waals surface area contributed by atoms with Crippen LogP contribution in [0.5, 0.6) is 0 Å². The summed E-state index contributed by atoms with van der Waals surface area (Å²) in [5.41, 5.74) is -1.94. The number of carbonyl (C=O) groups excluding carboxylic acids is 3. The van der Waals surface area contributed by atoms with Crippen molar-refractivity contribution in [1.82, 2.24) is 10.2 Å². The molecule has 1 spiro atoms. The summed E-state index contributed by atoms with van der Waals surface area (Å²) in [4.78, 5) is 42.2. The van der Waals surface area contributed by atoms with Gasteiger partial charge in [-0.2, -0.15) is 0 Å². The maximum absolute atomic E-state index is 13.9. The van der Waals surface area contributed by atoms with Gasteiger partial charge < -0.3 is 24.8 Å². The van der Waals surface area contributed by atoms with Crippen molar-refractivity contribution in [2.75, 3.05) is 13.2 Å². The third-order valence-electron chi connectivity index (χ3n) is 8.57. The molecule has 3 aliphatic heterocycles. The van der Waals surface area contributed by atoms with Gasteiger partial charge in [-0.05, 0) is 45.4 Å². The molecule has 0 aromatic heterocycles. The number of fused-ring (bicyclic) bond motifs is 1. The van der Waals surface area contributed by atoms with Crippen LogP contribution in [-0.2, 0) is 23.9 Å². The van der Waals surface area contributed by atoms with Gasteiger partial charge in [0.15, 0.2) is 0 Å². The van der Waals surface area contributed by atoms with Crippen LogP contribution in [0.2, 0.25) is 0 Å². The Bertz CT molecular complexity index is 764. The van der Waals surface area contributed by atoms with Crippen LogP contribution in [0.1, 0.15) is 72.6 Å². The number of nitrogens with zero attached hydrogens (tertiary/aromatic N) is 1. The number of nitrogens with one attached hydrogen (secondary N) is 1. The molecule has 3 saturated heterocycles. The second-order valence-corrected chi connectivity index (χ2v) is 10.3. The van der Waals surface area contributed by atoms with E-state index in [9.17, 15) is 19.5 Å². The van der Waals surface area contributed by atoms with Gasteiger partial charge in [0.2, 0.25) is 11.8 Å². The van der Waals surface area contributed by atoms with Crippen LogP contribution in [0.4, 0.5) is 0 Å². The zero-order valence-electron chi connectivity index (χ0n) is 19.8. The normalized spacial score (nSPS) is 39.8. The summed E-state index contributed by atoms with van der Waals surface area (Å²) in [6, 6.07) is -1.27. The summed E-state index contributed by atoms with van der Waals surface area (Å²) in [7, 11) is 0. The van der Waals surface area contributed by atoms with Gasteiger partial charge >= 0.3 is 5.97 Å². The third-order valence-corrected chi connectivity index (χ3v) is 8.57. The Morgan fingerprint density at radius 3 is 2.56 bits per heavy atom. The van der Waals surface area contributed by atoms with Crippen LogP contribution < -0.4 is 5.32 Å². The zero-order chi connectivity index (χ0) is 23.3. The molecule has 4 fully saturated rings. The SMILES string of the molecule is CCOC(=O)[C@@H]1[C@H]2C(=O)N([C@@H](CC)CO)C(C(=O)NC3CCCCC3)C23CC(C)[C@@]1(C)O3. The van der Waals surface area contributed by atoms with Gasteiger partial charge in [-0.3, -0.25) is 14.4 Å². The molecule has 8 nitrogen and oxygen atoms in total. The number of aliphatic hydroxyl groups is 1. The molecule has 2 bridgehead atoms. The van der Waals surface area contributed by atoms with Crippen LogP contribution >= 0.6 is 0 Å². The van der Waals surface area contributed by atoms with Crippen LogP contribution in [0, 0.1) is 17.8 Å². The van der Waals surface area contributed by atoms with E-state index in [2.05, 4.69) is 5.32 Å². The summed E-state index contributed by atoms with van der Waals surface area (Å²) < 4.78 is 12.0. The van der Waals surface area contributed by atoms with E-state index in [1.54, 1.807) is 6.92 Å². The van der Waals surface area contributed by atoms with Crippen LogP contribution in [0.25, 0.3) is 0 Å². The van der Waals surface area contributed by atoms with Gasteiger partial charge in [-0.1, -0.05) is 33.1 Å². The minimum absolute atomic E-state index is 0.0138. The minimum atomic E-state index is -1.08. The molecule has 4 rings (SSSR count). The van der Waals surface area contributed by atoms with Gasteiger partial charge in [0, 0.05) is 6.04 Å². The van der Waals surface area contributed by atoms with Gasteiger partial charge in [0.1, 0.15) is 17.6 Å². The highest BCUT2D eigenvalue weighted by atomic mass is 16.6. The van der Waals surface area contributed by atoms with Gasteiger partial charge in [0.05, 0.1) is 30.8 Å². The fourth-order valence-electron chi connectivity index (χ4n) is 6.90. The first-order chi connectivity index (χ1) is 15.2. The molecule has 2 N–H and O–H groups in total. The molecular weight excluding hydrogens is 412 g/mol. The summed E-state index contributed by atoms with van der Waals surface area (Å²) in [6.45, 7) is 7.51. The molecule has 1 aliphatic carbocycles. The Kier molecular flexibility index (Phi) is 6.31. The molecule has 8 heteroatoms. The lowest BCUT2D eigenvalue weighted by atomic mass is 9.62. The van der Waals surface area contributed by atoms with Crippen molar-refractivity contribution in [3.05, 3.63) is 0 Å². The van der Waals surface area contributed by atoms with Crippen LogP contribution in [-0.4, -0.2) is 70.3 Å². The number of amides is 2. The highest BCUT2D eigenvalue weighted by molar-refractivity contribution is 5.98. The number of hydrogen-bond donors (Lipinski definition) is 2. The average Bonchev–Trinajstić information content (AvgIpc) is 3.27. The van der Waals surface area contributed by atoms with Crippen molar-refractivity contribution in [2.45, 2.75) is 102 Å². The smallest absolute Gasteiger partial charge is 0.312 e. The molecule has 2 amide bonds. The number of hydrogen-bond acceptors (Lipinski definition) is 6. The van der Waals surface area contributed by atoms with Crippen molar-refractivity contribution < 1.29 is 29.0 Å². The van der Waals surface area contributed by atoms with Crippen LogP contribution in [0.15, 0.2) is 0 Å². The molecular formula is C24H38N2O6. The quantitative estimate of drug-likeness (QED) is 0.573. The molecule has 7 atom stereocenters. The van der Waals surface area contributed by atoms with E-state index >= 15 is 0 Å². The van der Waals surface area contributed by atoms with Gasteiger partial charge in [-0.15, -0.1) is 0 Å². The van der Waals surface area contributed by atoms with Gasteiger partial charge in [-0.25, -0.2) is 0 Å². The summed E-state index contributed by atoms with van der Waals surface area (Å²) in [6.07, 6.45) is 6.23. The number of aliphatic hydroxyl groups excluding tert-OH is 1. The predicted octanol–water partition coefficient (Wildman–Crippen LogP) is 1.78. The zero-order valence-corrected chi connectivity index (χ0v) is 19.8. The molecule has 0 radical (unpaired) electrons. The largest absolute Gasteiger partial charge is 0.466 e. The van der Waals surface area contributed by atoms with Crippen LogP contribution in [0.3, 0.4) is 0 Å². The van der Waals surface area contributed by atoms with E-state index < -0.39 is 41.1 Å². The maximum atomic E-state index is 13.9. The second-order valence-electron chi connectivity index (χ2n) is 10.3. The monoisotopic (exact) mass is 450 g/mol. The Hall–Kier alpha value is -1.67. The number of esters is 1. The fraction of sp³-hybridized carbons (Fsp3) is 0.875. The lowest BCUT2D eigenvalue weighted by Gasteiger charge is -2.37. The number of rotatable bonds is 7. The molecule has 180 valence electrons. The van der Waals surface area contributed by atoms with E-state index in [1.165, 1.54) is 11.3 Å². The average molecular weight is 451 g/mol. The van der Waals surface area contributed by atoms with E-state index in [4.69, 9.17) is 9.47 Å². The number of ether oxygens (including phenoxy) is 2. The lowest BCUT2D eigenvalue weighted by molar-refractivity contribution is -0.162. The van der Waals surface area contributed by atoms with Crippen molar-refractivity contribution >= 4 is 17.8 Å². The summed E-state index contributed by atoms with van der Waals surface area (Å²) >= 11 is 0. The molecule has 3 heterocycles. The molecule has 4 aliphatic rings. The number of carbonyl (C=O) groups is 3. The number of likely N-dealkylation sites (tertiary alicyclic amines) is 1. The standard InChI is InChI=1S/C24H38N2O6/c1-5-16(13-27)26-19(20(28)25-15-10-8-7-9-11-15)24-12-14(3)23(4,32-24)18(17(24)21(26)29)22(30)31-6-2/h14-19,27H,5-13H2,1-4H3,(H,25,28)/t14?,16-,17-,18-,19?,23+,24?/m0/s1. The van der Waals surface area contributed by atoms with Crippen molar-refractivity contribution in [3.63, 3.8) is 0 Å². The van der Waals surface area contributed by atoms with E-state index in [-0.39, 0.29) is 37.0 Å². The molecule has 1 saturated carbocycles. The Labute approximate surface area is 190 Å². The predicted molar refractivity (Wildman–Crippen MR) is 116 cm³/mol. The van der Waals surface area contributed by atoms with E-state index in [1.807, 2.05) is 20.8 Å². The Morgan fingerprint density at radius 1 is 1.28 bits per heavy atom. The lowest BCUT2D eigenvalue weighted by Crippen LogP contribution is -2.59. The molecule has 0 aromatic carbocycles. The van der Waals surface area contributed by atoms with Crippen molar-refractivity contribution in [2.24, 2.45) is 17.8 Å². The third kappa shape index (κ3) is 3.28. The Balaban J connectivity index is 1.75. The first-order valence-electron chi connectivity index (χ1n) is 12.3. The highest BCUT2D eigenvalue weighted by Gasteiger charge is 2.80. The van der Waals surface area contributed by atoms with Crippen molar-refractivity contribution in [3.8, 4) is 0 Å². The van der Waals surface area contributed by atoms with E-state index in [0.29, 0.717) is 12.8 Å². The first kappa shape index (κ1) is 23.5. The summed E-state index contributed by atoms with van der Waals surface area (Å²) in [5.74, 6) is -2.48. The molecule has 0 aromatic rings. The minimum Gasteiger partial charge on any atom is -0.466 e. The Morgan fingerprint density at radius 2 is 1.97 bits per heavy atom. The highest BCUT2D eigenvalue weighted by Crippen LogP contribution is 2.65. The fourth-order valence-corrected chi connectivity index (χ4v) is 6.90. The summed E-state index contributed by atoms with van der Waals surface area (Å²) in [5, 5.41) is 13.3. The molecule has 3 unspecified atom stereocenters. The maximum Gasteiger partial charge on any atom is 0.312 e. The first-order valence-corrected chi connectivity index (χ1v) is 12.3. The molecule has 32 heavy (non-hydrogen) atoms.